The van der Waals surface area contributed by atoms with Crippen molar-refractivity contribution in [1.29, 1.82) is 0 Å². The number of carboxylic acids is 1. The zero-order chi connectivity index (χ0) is 12.3. The number of rotatable bonds is 3. The summed E-state index contributed by atoms with van der Waals surface area (Å²) >= 11 is 0. The zero-order valence-electron chi connectivity index (χ0n) is 9.63. The molecular formula is C11H17NO5. The first kappa shape index (κ1) is 12.3. The van der Waals surface area contributed by atoms with E-state index in [0.29, 0.717) is 13.0 Å². The van der Waals surface area contributed by atoms with Crippen molar-refractivity contribution in [3.05, 3.63) is 0 Å². The lowest BCUT2D eigenvalue weighted by molar-refractivity contribution is -0.159. The van der Waals surface area contributed by atoms with Crippen molar-refractivity contribution in [2.75, 3.05) is 26.3 Å². The van der Waals surface area contributed by atoms with Gasteiger partial charge in [-0.15, -0.1) is 0 Å². The van der Waals surface area contributed by atoms with E-state index >= 15 is 0 Å². The second kappa shape index (κ2) is 5.46. The third-order valence-corrected chi connectivity index (χ3v) is 3.12. The van der Waals surface area contributed by atoms with Gasteiger partial charge in [0.2, 0.25) is 5.91 Å². The van der Waals surface area contributed by atoms with Gasteiger partial charge in [0, 0.05) is 13.2 Å². The normalized spacial score (nSPS) is 29.3. The van der Waals surface area contributed by atoms with Crippen molar-refractivity contribution < 1.29 is 24.2 Å². The fraction of sp³-hybridized carbons (Fsp3) is 0.818. The number of morpholine rings is 1. The molecule has 0 aromatic rings. The molecule has 0 radical (unpaired) electrons. The molecule has 17 heavy (non-hydrogen) atoms. The predicted octanol–water partition coefficient (Wildman–Crippen LogP) is -0.133. The Morgan fingerprint density at radius 3 is 2.76 bits per heavy atom. The smallest absolute Gasteiger partial charge is 0.334 e. The van der Waals surface area contributed by atoms with Gasteiger partial charge in [-0.2, -0.15) is 0 Å². The van der Waals surface area contributed by atoms with E-state index in [0.717, 1.165) is 19.4 Å². The maximum absolute atomic E-state index is 11.9. The first-order valence-electron chi connectivity index (χ1n) is 5.90. The highest BCUT2D eigenvalue weighted by molar-refractivity contribution is 5.79. The average Bonchev–Trinajstić information content (AvgIpc) is 2.82. The molecule has 2 rings (SSSR count). The van der Waals surface area contributed by atoms with Gasteiger partial charge in [0.25, 0.3) is 0 Å². The second-order valence-corrected chi connectivity index (χ2v) is 4.38. The number of amides is 1. The van der Waals surface area contributed by atoms with E-state index in [1.165, 1.54) is 0 Å². The molecule has 2 aliphatic heterocycles. The molecule has 0 unspecified atom stereocenters. The molecule has 6 heteroatoms. The van der Waals surface area contributed by atoms with Crippen LogP contribution in [0.4, 0.5) is 0 Å². The van der Waals surface area contributed by atoms with Gasteiger partial charge in [0.15, 0.2) is 6.10 Å². The van der Waals surface area contributed by atoms with Crippen LogP contribution in [0.1, 0.15) is 19.3 Å². The van der Waals surface area contributed by atoms with Gasteiger partial charge in [-0.25, -0.2) is 4.79 Å². The van der Waals surface area contributed by atoms with E-state index in [1.54, 1.807) is 4.90 Å². The second-order valence-electron chi connectivity index (χ2n) is 4.38. The lowest BCUT2D eigenvalue weighted by Gasteiger charge is -2.31. The largest absolute Gasteiger partial charge is 0.479 e. The van der Waals surface area contributed by atoms with Crippen molar-refractivity contribution in [3.8, 4) is 0 Å². The van der Waals surface area contributed by atoms with Gasteiger partial charge < -0.3 is 19.5 Å². The summed E-state index contributed by atoms with van der Waals surface area (Å²) in [4.78, 5) is 24.3. The van der Waals surface area contributed by atoms with E-state index in [9.17, 15) is 9.59 Å². The van der Waals surface area contributed by atoms with Crippen LogP contribution in [0.25, 0.3) is 0 Å². The molecule has 96 valence electrons. The fourth-order valence-corrected chi connectivity index (χ4v) is 2.15. The van der Waals surface area contributed by atoms with Gasteiger partial charge in [0.1, 0.15) is 0 Å². The molecule has 0 spiro atoms. The van der Waals surface area contributed by atoms with Crippen molar-refractivity contribution in [2.45, 2.75) is 31.5 Å². The molecule has 2 atom stereocenters. The maximum atomic E-state index is 11.9. The maximum Gasteiger partial charge on any atom is 0.334 e. The predicted molar refractivity (Wildman–Crippen MR) is 57.5 cm³/mol. The molecule has 2 fully saturated rings. The van der Waals surface area contributed by atoms with E-state index in [1.807, 2.05) is 0 Å². The highest BCUT2D eigenvalue weighted by atomic mass is 16.5. The molecule has 2 heterocycles. The number of carbonyl (C=O) groups excluding carboxylic acids is 1. The molecule has 0 saturated carbocycles. The molecule has 0 aromatic carbocycles. The third-order valence-electron chi connectivity index (χ3n) is 3.12. The Bertz CT molecular complexity index is 300. The number of ether oxygens (including phenoxy) is 2. The number of carbonyl (C=O) groups is 2. The van der Waals surface area contributed by atoms with Crippen LogP contribution in [0.5, 0.6) is 0 Å². The number of hydrogen-bond donors (Lipinski definition) is 1. The molecule has 1 N–H and O–H groups in total. The SMILES string of the molecule is O=C(O)[C@H]1CN(C(=O)C[C@H]2CCCO2)CCO1. The molecule has 2 saturated heterocycles. The number of nitrogens with zero attached hydrogens (tertiary/aromatic N) is 1. The van der Waals surface area contributed by atoms with Crippen LogP contribution in [0, 0.1) is 0 Å². The lowest BCUT2D eigenvalue weighted by Crippen LogP contribution is -2.49. The monoisotopic (exact) mass is 243 g/mol. The van der Waals surface area contributed by atoms with Crippen LogP contribution in [-0.4, -0.2) is 60.4 Å². The van der Waals surface area contributed by atoms with Crippen LogP contribution in [0.3, 0.4) is 0 Å². The molecule has 6 nitrogen and oxygen atoms in total. The minimum absolute atomic E-state index is 0.00798. The van der Waals surface area contributed by atoms with Gasteiger partial charge >= 0.3 is 5.97 Å². The number of hydrogen-bond acceptors (Lipinski definition) is 4. The van der Waals surface area contributed by atoms with Crippen LogP contribution in [-0.2, 0) is 19.1 Å². The third kappa shape index (κ3) is 3.17. The van der Waals surface area contributed by atoms with Crippen LogP contribution in [0.15, 0.2) is 0 Å². The molecule has 0 aromatic heterocycles. The highest BCUT2D eigenvalue weighted by Crippen LogP contribution is 2.17. The van der Waals surface area contributed by atoms with Crippen molar-refractivity contribution in [1.82, 2.24) is 4.90 Å². The fourth-order valence-electron chi connectivity index (χ4n) is 2.15. The summed E-state index contributed by atoms with van der Waals surface area (Å²) in [5.41, 5.74) is 0. The average molecular weight is 243 g/mol. The summed E-state index contributed by atoms with van der Waals surface area (Å²) in [5, 5.41) is 8.83. The minimum Gasteiger partial charge on any atom is -0.479 e. The first-order valence-corrected chi connectivity index (χ1v) is 5.90. The van der Waals surface area contributed by atoms with Crippen LogP contribution in [0.2, 0.25) is 0 Å². The molecule has 2 aliphatic rings. The molecule has 1 amide bonds. The Kier molecular flexibility index (Phi) is 3.96. The topological polar surface area (TPSA) is 76.1 Å². The van der Waals surface area contributed by atoms with E-state index in [2.05, 4.69) is 0 Å². The lowest BCUT2D eigenvalue weighted by atomic mass is 10.1. The van der Waals surface area contributed by atoms with E-state index in [4.69, 9.17) is 14.6 Å². The van der Waals surface area contributed by atoms with Gasteiger partial charge in [-0.3, -0.25) is 4.79 Å². The number of aliphatic carboxylic acids is 1. The summed E-state index contributed by atoms with van der Waals surface area (Å²) in [6, 6.07) is 0. The quantitative estimate of drug-likeness (QED) is 0.747. The highest BCUT2D eigenvalue weighted by Gasteiger charge is 2.30. The Morgan fingerprint density at radius 2 is 2.12 bits per heavy atom. The summed E-state index contributed by atoms with van der Waals surface area (Å²) in [7, 11) is 0. The summed E-state index contributed by atoms with van der Waals surface area (Å²) in [5.74, 6) is -1.05. The minimum atomic E-state index is -1.01. The Labute approximate surface area is 99.5 Å². The number of carboxylic acid groups (broad SMARTS) is 1. The standard InChI is InChI=1S/C11H17NO5/c13-10(6-8-2-1-4-16-8)12-3-5-17-9(7-12)11(14)15/h8-9H,1-7H2,(H,14,15)/t8-,9-/m1/s1. The Hall–Kier alpha value is -1.14. The Balaban J connectivity index is 1.83. The van der Waals surface area contributed by atoms with Crippen molar-refractivity contribution in [2.24, 2.45) is 0 Å². The van der Waals surface area contributed by atoms with Crippen LogP contribution >= 0.6 is 0 Å². The molecule has 0 aliphatic carbocycles. The summed E-state index contributed by atoms with van der Waals surface area (Å²) in [6.07, 6.45) is 1.38. The van der Waals surface area contributed by atoms with Gasteiger partial charge in [0.05, 0.1) is 25.7 Å². The molecule has 0 bridgehead atoms. The first-order chi connectivity index (χ1) is 8.16. The van der Waals surface area contributed by atoms with E-state index in [-0.39, 0.29) is 25.2 Å². The van der Waals surface area contributed by atoms with Gasteiger partial charge in [-0.1, -0.05) is 0 Å². The van der Waals surface area contributed by atoms with Gasteiger partial charge in [-0.05, 0) is 12.8 Å². The summed E-state index contributed by atoms with van der Waals surface area (Å²) in [6.45, 7) is 1.61. The van der Waals surface area contributed by atoms with Crippen LogP contribution < -0.4 is 0 Å². The summed E-state index contributed by atoms with van der Waals surface area (Å²) < 4.78 is 10.5. The van der Waals surface area contributed by atoms with Crippen molar-refractivity contribution in [3.63, 3.8) is 0 Å². The zero-order valence-corrected chi connectivity index (χ0v) is 9.63. The van der Waals surface area contributed by atoms with E-state index < -0.39 is 12.1 Å². The van der Waals surface area contributed by atoms with Crippen molar-refractivity contribution >= 4 is 11.9 Å². The Morgan fingerprint density at radius 1 is 1.29 bits per heavy atom. The molecular weight excluding hydrogens is 226 g/mol.